The summed E-state index contributed by atoms with van der Waals surface area (Å²) in [6.07, 6.45) is 7.03. The van der Waals surface area contributed by atoms with Crippen LogP contribution in [0, 0.1) is 11.8 Å². The molecule has 2 atom stereocenters. The van der Waals surface area contributed by atoms with Crippen LogP contribution in [0.25, 0.3) is 0 Å². The van der Waals surface area contributed by atoms with Crippen LogP contribution in [-0.2, 0) is 4.74 Å². The van der Waals surface area contributed by atoms with Crippen LogP contribution in [0.15, 0.2) is 0 Å². The molecule has 3 nitrogen and oxygen atoms in total. The fraction of sp³-hybridized carbons (Fsp3) is 1.00. The van der Waals surface area contributed by atoms with Gasteiger partial charge < -0.3 is 15.2 Å². The summed E-state index contributed by atoms with van der Waals surface area (Å²) in [7, 11) is 0. The molecule has 2 aliphatic rings. The van der Waals surface area contributed by atoms with Crippen LogP contribution in [0.4, 0.5) is 0 Å². The van der Waals surface area contributed by atoms with Crippen LogP contribution in [-0.4, -0.2) is 37.5 Å². The van der Waals surface area contributed by atoms with Crippen LogP contribution in [0.2, 0.25) is 0 Å². The average molecular weight is 227 g/mol. The lowest BCUT2D eigenvalue weighted by Gasteiger charge is -2.29. The molecule has 3 heteroatoms. The lowest BCUT2D eigenvalue weighted by Crippen LogP contribution is -2.36. The minimum absolute atomic E-state index is 0.0593. The Balaban J connectivity index is 1.59. The van der Waals surface area contributed by atoms with E-state index < -0.39 is 0 Å². The van der Waals surface area contributed by atoms with Gasteiger partial charge in [-0.1, -0.05) is 12.8 Å². The first-order valence-corrected chi connectivity index (χ1v) is 6.83. The van der Waals surface area contributed by atoms with Crippen molar-refractivity contribution >= 4 is 0 Å². The number of aliphatic hydroxyl groups is 1. The Morgan fingerprint density at radius 1 is 1.00 bits per heavy atom. The summed E-state index contributed by atoms with van der Waals surface area (Å²) >= 11 is 0. The Hall–Kier alpha value is -0.120. The van der Waals surface area contributed by atoms with Gasteiger partial charge >= 0.3 is 0 Å². The normalized spacial score (nSPS) is 32.8. The highest BCUT2D eigenvalue weighted by Gasteiger charge is 2.23. The first kappa shape index (κ1) is 12.3. The Kier molecular flexibility index (Phi) is 5.07. The lowest BCUT2D eigenvalue weighted by atomic mass is 9.86. The Morgan fingerprint density at radius 3 is 2.50 bits per heavy atom. The molecule has 2 unspecified atom stereocenters. The summed E-state index contributed by atoms with van der Waals surface area (Å²) < 4.78 is 5.35. The molecular weight excluding hydrogens is 202 g/mol. The van der Waals surface area contributed by atoms with Crippen LogP contribution >= 0.6 is 0 Å². The molecule has 0 aromatic heterocycles. The Morgan fingerprint density at radius 2 is 1.75 bits per heavy atom. The van der Waals surface area contributed by atoms with Crippen LogP contribution in [0.5, 0.6) is 0 Å². The molecule has 2 fully saturated rings. The summed E-state index contributed by atoms with van der Waals surface area (Å²) in [4.78, 5) is 0. The third-order valence-corrected chi connectivity index (χ3v) is 4.05. The summed E-state index contributed by atoms with van der Waals surface area (Å²) in [6, 6.07) is 0. The van der Waals surface area contributed by atoms with Crippen molar-refractivity contribution in [2.75, 3.05) is 26.3 Å². The largest absolute Gasteiger partial charge is 0.393 e. The van der Waals surface area contributed by atoms with Crippen LogP contribution in [0.1, 0.15) is 38.5 Å². The molecule has 1 saturated heterocycles. The second kappa shape index (κ2) is 6.58. The molecule has 0 spiro atoms. The standard InChI is InChI=1S/C13H25NO2/c15-13-4-2-1-3-12(13)10-14-9-11-5-7-16-8-6-11/h11-15H,1-10H2. The van der Waals surface area contributed by atoms with Crippen molar-refractivity contribution in [3.05, 3.63) is 0 Å². The Labute approximate surface area is 98.6 Å². The van der Waals surface area contributed by atoms with Gasteiger partial charge in [-0.05, 0) is 44.1 Å². The van der Waals surface area contributed by atoms with Crippen molar-refractivity contribution in [3.63, 3.8) is 0 Å². The highest BCUT2D eigenvalue weighted by Crippen LogP contribution is 2.23. The van der Waals surface area contributed by atoms with Gasteiger partial charge in [0.1, 0.15) is 0 Å². The van der Waals surface area contributed by atoms with Crippen molar-refractivity contribution in [3.8, 4) is 0 Å². The summed E-state index contributed by atoms with van der Waals surface area (Å²) in [6.45, 7) is 3.96. The summed E-state index contributed by atoms with van der Waals surface area (Å²) in [5.41, 5.74) is 0. The quantitative estimate of drug-likeness (QED) is 0.766. The summed E-state index contributed by atoms with van der Waals surface area (Å²) in [5.74, 6) is 1.28. The van der Waals surface area contributed by atoms with Gasteiger partial charge in [0.05, 0.1) is 6.10 Å². The van der Waals surface area contributed by atoms with Gasteiger partial charge in [0.15, 0.2) is 0 Å². The van der Waals surface area contributed by atoms with E-state index in [1.54, 1.807) is 0 Å². The van der Waals surface area contributed by atoms with Crippen molar-refractivity contribution in [2.24, 2.45) is 11.8 Å². The third kappa shape index (κ3) is 3.72. The third-order valence-electron chi connectivity index (χ3n) is 4.05. The van der Waals surface area contributed by atoms with Gasteiger partial charge in [-0.2, -0.15) is 0 Å². The number of ether oxygens (including phenoxy) is 1. The van der Waals surface area contributed by atoms with Gasteiger partial charge in [-0.3, -0.25) is 0 Å². The number of hydrogen-bond acceptors (Lipinski definition) is 3. The molecule has 1 aliphatic heterocycles. The maximum Gasteiger partial charge on any atom is 0.0580 e. The van der Waals surface area contributed by atoms with E-state index in [0.717, 1.165) is 38.6 Å². The van der Waals surface area contributed by atoms with E-state index in [9.17, 15) is 5.11 Å². The van der Waals surface area contributed by atoms with Crippen LogP contribution in [0.3, 0.4) is 0 Å². The second-order valence-electron chi connectivity index (χ2n) is 5.33. The van der Waals surface area contributed by atoms with Crippen molar-refractivity contribution in [1.82, 2.24) is 5.32 Å². The maximum atomic E-state index is 9.85. The highest BCUT2D eigenvalue weighted by molar-refractivity contribution is 4.77. The van der Waals surface area contributed by atoms with Gasteiger partial charge in [-0.15, -0.1) is 0 Å². The van der Waals surface area contributed by atoms with E-state index >= 15 is 0 Å². The van der Waals surface area contributed by atoms with Gasteiger partial charge in [0, 0.05) is 19.8 Å². The first-order valence-electron chi connectivity index (χ1n) is 6.83. The zero-order valence-corrected chi connectivity index (χ0v) is 10.2. The molecule has 2 rings (SSSR count). The molecule has 0 amide bonds. The topological polar surface area (TPSA) is 41.5 Å². The zero-order valence-electron chi connectivity index (χ0n) is 10.2. The molecule has 2 N–H and O–H groups in total. The molecular formula is C13H25NO2. The van der Waals surface area contributed by atoms with Crippen molar-refractivity contribution < 1.29 is 9.84 Å². The molecule has 0 aromatic carbocycles. The van der Waals surface area contributed by atoms with E-state index in [4.69, 9.17) is 4.74 Å². The Bertz CT molecular complexity index is 192. The molecule has 0 radical (unpaired) electrons. The van der Waals surface area contributed by atoms with E-state index in [1.807, 2.05) is 0 Å². The molecule has 94 valence electrons. The first-order chi connectivity index (χ1) is 7.86. The molecule has 16 heavy (non-hydrogen) atoms. The maximum absolute atomic E-state index is 9.85. The SMILES string of the molecule is OC1CCCCC1CNCC1CCOCC1. The molecule has 0 bridgehead atoms. The van der Waals surface area contributed by atoms with E-state index in [2.05, 4.69) is 5.32 Å². The highest BCUT2D eigenvalue weighted by atomic mass is 16.5. The molecule has 1 heterocycles. The van der Waals surface area contributed by atoms with Gasteiger partial charge in [-0.25, -0.2) is 0 Å². The zero-order chi connectivity index (χ0) is 11.2. The van der Waals surface area contributed by atoms with E-state index in [1.165, 1.54) is 32.1 Å². The monoisotopic (exact) mass is 227 g/mol. The molecule has 1 saturated carbocycles. The smallest absolute Gasteiger partial charge is 0.0580 e. The van der Waals surface area contributed by atoms with Crippen LogP contribution < -0.4 is 5.32 Å². The fourth-order valence-electron chi connectivity index (χ4n) is 2.85. The van der Waals surface area contributed by atoms with Gasteiger partial charge in [0.2, 0.25) is 0 Å². The fourth-order valence-corrected chi connectivity index (χ4v) is 2.85. The van der Waals surface area contributed by atoms with Crippen molar-refractivity contribution in [2.45, 2.75) is 44.6 Å². The average Bonchev–Trinajstić information content (AvgIpc) is 2.33. The van der Waals surface area contributed by atoms with Gasteiger partial charge in [0.25, 0.3) is 0 Å². The van der Waals surface area contributed by atoms with E-state index in [-0.39, 0.29) is 6.10 Å². The predicted molar refractivity (Wildman–Crippen MR) is 64.4 cm³/mol. The minimum Gasteiger partial charge on any atom is -0.393 e. The van der Waals surface area contributed by atoms with Crippen molar-refractivity contribution in [1.29, 1.82) is 0 Å². The number of aliphatic hydroxyl groups excluding tert-OH is 1. The molecule has 1 aliphatic carbocycles. The summed E-state index contributed by atoms with van der Waals surface area (Å²) in [5, 5.41) is 13.4. The number of rotatable bonds is 4. The lowest BCUT2D eigenvalue weighted by molar-refractivity contribution is 0.0576. The minimum atomic E-state index is -0.0593. The number of nitrogens with one attached hydrogen (secondary N) is 1. The second-order valence-corrected chi connectivity index (χ2v) is 5.33. The number of hydrogen-bond donors (Lipinski definition) is 2. The van der Waals surface area contributed by atoms with E-state index in [0.29, 0.717) is 5.92 Å². The molecule has 0 aromatic rings. The predicted octanol–water partition coefficient (Wildman–Crippen LogP) is 1.55.